The molecule has 0 heterocycles. The maximum atomic E-state index is 12.2. The number of hydrogen-bond acceptors (Lipinski definition) is 1. The Kier molecular flexibility index (Phi) is 6.81. The van der Waals surface area contributed by atoms with Gasteiger partial charge in [0.25, 0.3) is 0 Å². The van der Waals surface area contributed by atoms with Crippen LogP contribution < -0.4 is 0 Å². The number of hydrogen-bond donors (Lipinski definition) is 1. The minimum absolute atomic E-state index is 0.0834. The van der Waals surface area contributed by atoms with E-state index in [-0.39, 0.29) is 11.8 Å². The summed E-state index contributed by atoms with van der Waals surface area (Å²) in [7, 11) is 0. The number of aliphatic carboxylic acids is 1. The molecule has 0 bridgehead atoms. The molecular weight excluding hydrogens is 308 g/mol. The predicted octanol–water partition coefficient (Wildman–Crippen LogP) is 5.64. The molecule has 0 saturated heterocycles. The molecule has 2 aromatic carbocycles. The summed E-state index contributed by atoms with van der Waals surface area (Å²) in [5, 5.41) is 10.0. The van der Waals surface area contributed by atoms with Crippen LogP contribution in [0.2, 0.25) is 0 Å². The van der Waals surface area contributed by atoms with Crippen molar-refractivity contribution in [1.29, 1.82) is 0 Å². The van der Waals surface area contributed by atoms with Gasteiger partial charge in [-0.1, -0.05) is 88.4 Å². The van der Waals surface area contributed by atoms with Gasteiger partial charge in [-0.2, -0.15) is 0 Å². The van der Waals surface area contributed by atoms with E-state index >= 15 is 0 Å². The highest BCUT2D eigenvalue weighted by Crippen LogP contribution is 2.41. The fraction of sp³-hybridized carbons (Fsp3) is 0.435. The quantitative estimate of drug-likeness (QED) is 0.676. The fourth-order valence-electron chi connectivity index (χ4n) is 4.02. The first-order chi connectivity index (χ1) is 11.9. The van der Waals surface area contributed by atoms with Crippen molar-refractivity contribution in [2.24, 2.45) is 23.7 Å². The average Bonchev–Trinajstić information content (AvgIpc) is 2.58. The Hall–Kier alpha value is -2.09. The Balaban J connectivity index is 2.42. The van der Waals surface area contributed by atoms with Crippen molar-refractivity contribution in [2.45, 2.75) is 40.0 Å². The largest absolute Gasteiger partial charge is 0.481 e. The number of benzene rings is 2. The molecule has 3 atom stereocenters. The first kappa shape index (κ1) is 19.2. The highest BCUT2D eigenvalue weighted by Gasteiger charge is 2.38. The van der Waals surface area contributed by atoms with Crippen LogP contribution in [-0.2, 0) is 11.2 Å². The van der Waals surface area contributed by atoms with Gasteiger partial charge in [0, 0.05) is 0 Å². The third-order valence-electron chi connectivity index (χ3n) is 5.24. The van der Waals surface area contributed by atoms with Crippen molar-refractivity contribution in [2.75, 3.05) is 0 Å². The van der Waals surface area contributed by atoms with Crippen LogP contribution >= 0.6 is 0 Å². The summed E-state index contributed by atoms with van der Waals surface area (Å²) >= 11 is 0. The van der Waals surface area contributed by atoms with Gasteiger partial charge in [0.1, 0.15) is 0 Å². The predicted molar refractivity (Wildman–Crippen MR) is 104 cm³/mol. The number of rotatable bonds is 8. The Morgan fingerprint density at radius 1 is 0.840 bits per heavy atom. The van der Waals surface area contributed by atoms with Gasteiger partial charge in [-0.15, -0.1) is 0 Å². The van der Waals surface area contributed by atoms with Crippen LogP contribution in [0, 0.1) is 23.7 Å². The van der Waals surface area contributed by atoms with E-state index < -0.39 is 11.9 Å². The van der Waals surface area contributed by atoms with Crippen LogP contribution in [0.3, 0.4) is 0 Å². The maximum absolute atomic E-state index is 12.2. The number of carboxylic acid groups (broad SMARTS) is 1. The van der Waals surface area contributed by atoms with Crippen molar-refractivity contribution in [3.63, 3.8) is 0 Å². The standard InChI is InChI=1S/C23H30O2/c1-16(2)20(15-18-11-7-5-8-12-18)21(17(3)4)22(23(24)25)19-13-9-6-10-14-19/h5-14,16-17,20-22H,15H2,1-4H3,(H,24,25). The fourth-order valence-corrected chi connectivity index (χ4v) is 4.02. The molecule has 0 aromatic heterocycles. The second kappa shape index (κ2) is 8.84. The van der Waals surface area contributed by atoms with Crippen LogP contribution in [0.15, 0.2) is 60.7 Å². The van der Waals surface area contributed by atoms with Gasteiger partial charge < -0.3 is 5.11 Å². The van der Waals surface area contributed by atoms with E-state index in [1.165, 1.54) is 5.56 Å². The molecule has 3 unspecified atom stereocenters. The zero-order valence-corrected chi connectivity index (χ0v) is 15.7. The lowest BCUT2D eigenvalue weighted by Gasteiger charge is -2.37. The van der Waals surface area contributed by atoms with E-state index in [0.29, 0.717) is 11.8 Å². The van der Waals surface area contributed by atoms with Crippen LogP contribution in [0.5, 0.6) is 0 Å². The number of carboxylic acids is 1. The van der Waals surface area contributed by atoms with Crippen LogP contribution in [0.25, 0.3) is 0 Å². The van der Waals surface area contributed by atoms with Crippen LogP contribution in [-0.4, -0.2) is 11.1 Å². The molecule has 2 heteroatoms. The minimum Gasteiger partial charge on any atom is -0.481 e. The van der Waals surface area contributed by atoms with Crippen molar-refractivity contribution in [3.05, 3.63) is 71.8 Å². The molecule has 0 amide bonds. The SMILES string of the molecule is CC(C)C(Cc1ccccc1)C(C(C)C)C(C(=O)O)c1ccccc1. The molecule has 0 aliphatic carbocycles. The molecule has 0 spiro atoms. The monoisotopic (exact) mass is 338 g/mol. The van der Waals surface area contributed by atoms with E-state index in [2.05, 4.69) is 52.0 Å². The zero-order valence-electron chi connectivity index (χ0n) is 15.7. The van der Waals surface area contributed by atoms with Gasteiger partial charge in [0.05, 0.1) is 5.92 Å². The van der Waals surface area contributed by atoms with Gasteiger partial charge in [0.15, 0.2) is 0 Å². The molecule has 1 N–H and O–H groups in total. The Labute approximate surface area is 151 Å². The van der Waals surface area contributed by atoms with Crippen molar-refractivity contribution in [3.8, 4) is 0 Å². The lowest BCUT2D eigenvalue weighted by Crippen LogP contribution is -2.35. The highest BCUT2D eigenvalue weighted by molar-refractivity contribution is 5.76. The summed E-state index contributed by atoms with van der Waals surface area (Å²) in [5.41, 5.74) is 2.19. The van der Waals surface area contributed by atoms with E-state index in [1.807, 2.05) is 36.4 Å². The summed E-state index contributed by atoms with van der Waals surface area (Å²) in [4.78, 5) is 12.2. The molecule has 0 saturated carbocycles. The Morgan fingerprint density at radius 3 is 1.80 bits per heavy atom. The van der Waals surface area contributed by atoms with Crippen molar-refractivity contribution in [1.82, 2.24) is 0 Å². The molecule has 0 radical (unpaired) electrons. The first-order valence-corrected chi connectivity index (χ1v) is 9.23. The zero-order chi connectivity index (χ0) is 18.4. The lowest BCUT2D eigenvalue weighted by atomic mass is 9.66. The summed E-state index contributed by atoms with van der Waals surface area (Å²) < 4.78 is 0. The molecule has 2 aromatic rings. The Bertz CT molecular complexity index is 646. The normalized spacial score (nSPS) is 15.1. The summed E-state index contributed by atoms with van der Waals surface area (Å²) in [6.45, 7) is 8.74. The topological polar surface area (TPSA) is 37.3 Å². The second-order valence-corrected chi connectivity index (χ2v) is 7.65. The summed E-state index contributed by atoms with van der Waals surface area (Å²) in [6.07, 6.45) is 0.915. The Morgan fingerprint density at radius 2 is 1.36 bits per heavy atom. The third-order valence-corrected chi connectivity index (χ3v) is 5.24. The lowest BCUT2D eigenvalue weighted by molar-refractivity contribution is -0.141. The maximum Gasteiger partial charge on any atom is 0.311 e. The van der Waals surface area contributed by atoms with E-state index in [4.69, 9.17) is 0 Å². The van der Waals surface area contributed by atoms with Crippen LogP contribution in [0.4, 0.5) is 0 Å². The molecule has 134 valence electrons. The van der Waals surface area contributed by atoms with Gasteiger partial charge in [0.2, 0.25) is 0 Å². The molecule has 25 heavy (non-hydrogen) atoms. The molecular formula is C23H30O2. The molecule has 0 aliphatic heterocycles. The molecule has 0 aliphatic rings. The van der Waals surface area contributed by atoms with E-state index in [9.17, 15) is 9.90 Å². The van der Waals surface area contributed by atoms with Crippen molar-refractivity contribution < 1.29 is 9.90 Å². The summed E-state index contributed by atoms with van der Waals surface area (Å²) in [5.74, 6) is -0.0969. The van der Waals surface area contributed by atoms with E-state index in [0.717, 1.165) is 12.0 Å². The third kappa shape index (κ3) is 4.94. The average molecular weight is 338 g/mol. The number of carbonyl (C=O) groups is 1. The second-order valence-electron chi connectivity index (χ2n) is 7.65. The van der Waals surface area contributed by atoms with Gasteiger partial charge in [-0.3, -0.25) is 4.79 Å². The smallest absolute Gasteiger partial charge is 0.311 e. The van der Waals surface area contributed by atoms with Gasteiger partial charge >= 0.3 is 5.97 Å². The van der Waals surface area contributed by atoms with E-state index in [1.54, 1.807) is 0 Å². The first-order valence-electron chi connectivity index (χ1n) is 9.23. The van der Waals surface area contributed by atoms with Gasteiger partial charge in [-0.05, 0) is 41.2 Å². The van der Waals surface area contributed by atoms with Crippen LogP contribution in [0.1, 0.15) is 44.7 Å². The minimum atomic E-state index is -0.719. The summed E-state index contributed by atoms with van der Waals surface area (Å²) in [6, 6.07) is 20.1. The van der Waals surface area contributed by atoms with Gasteiger partial charge in [-0.25, -0.2) is 0 Å². The highest BCUT2D eigenvalue weighted by atomic mass is 16.4. The van der Waals surface area contributed by atoms with Crippen molar-refractivity contribution >= 4 is 5.97 Å². The molecule has 2 nitrogen and oxygen atoms in total. The molecule has 2 rings (SSSR count). The molecule has 0 fully saturated rings.